The minimum atomic E-state index is 0.560. The molecule has 0 saturated carbocycles. The molecule has 37 heavy (non-hydrogen) atoms. The fraction of sp³-hybridized carbons (Fsp3) is 0.258. The van der Waals surface area contributed by atoms with Crippen molar-refractivity contribution < 1.29 is 9.47 Å². The number of aryl methyl sites for hydroxylation is 1. The highest BCUT2D eigenvalue weighted by molar-refractivity contribution is 6.00. The van der Waals surface area contributed by atoms with Gasteiger partial charge < -0.3 is 9.47 Å². The van der Waals surface area contributed by atoms with Crippen LogP contribution in [0.4, 0.5) is 5.69 Å². The molecule has 1 N–H and O–H groups in total. The number of nitrogens with zero attached hydrogens (tertiary/aromatic N) is 3. The van der Waals surface area contributed by atoms with E-state index >= 15 is 0 Å². The van der Waals surface area contributed by atoms with Crippen molar-refractivity contribution in [3.63, 3.8) is 0 Å². The van der Waals surface area contributed by atoms with Gasteiger partial charge in [0.25, 0.3) is 0 Å². The van der Waals surface area contributed by atoms with Gasteiger partial charge in [-0.1, -0.05) is 68.1 Å². The Kier molecular flexibility index (Phi) is 9.24. The standard InChI is InChI=1S/C31H34N4O2/c1-4-5-6-9-20-37-29-19-14-24(21-30(29)36-3)22-32-35-31(33-26-16-12-23(2)13-17-26)28-18-15-25-10-7-8-11-27(25)34-28/h7-8,10-19,21-22H,4-6,9,20H2,1-3H3,(H,33,35)/b32-22+. The van der Waals surface area contributed by atoms with Gasteiger partial charge in [-0.15, -0.1) is 0 Å². The van der Waals surface area contributed by atoms with Crippen molar-refractivity contribution in [2.24, 2.45) is 10.1 Å². The average molecular weight is 495 g/mol. The van der Waals surface area contributed by atoms with E-state index in [-0.39, 0.29) is 0 Å². The molecule has 1 heterocycles. The van der Waals surface area contributed by atoms with Crippen LogP contribution in [-0.4, -0.2) is 30.8 Å². The second-order valence-electron chi connectivity index (χ2n) is 8.87. The van der Waals surface area contributed by atoms with Crippen LogP contribution >= 0.6 is 0 Å². The van der Waals surface area contributed by atoms with Crippen molar-refractivity contribution >= 4 is 28.6 Å². The summed E-state index contributed by atoms with van der Waals surface area (Å²) in [4.78, 5) is 9.59. The molecule has 4 aromatic rings. The molecule has 0 aliphatic carbocycles. The Balaban J connectivity index is 1.53. The van der Waals surface area contributed by atoms with Gasteiger partial charge in [-0.2, -0.15) is 5.10 Å². The highest BCUT2D eigenvalue weighted by Gasteiger charge is 2.08. The summed E-state index contributed by atoms with van der Waals surface area (Å²) in [6, 6.07) is 25.8. The topological polar surface area (TPSA) is 68.1 Å². The van der Waals surface area contributed by atoms with Gasteiger partial charge in [-0.05, 0) is 61.4 Å². The molecular formula is C31H34N4O2. The summed E-state index contributed by atoms with van der Waals surface area (Å²) in [7, 11) is 1.65. The number of aliphatic imine (C=N–C) groups is 1. The summed E-state index contributed by atoms with van der Waals surface area (Å²) < 4.78 is 11.5. The van der Waals surface area contributed by atoms with Crippen LogP contribution in [0.25, 0.3) is 10.9 Å². The first-order valence-corrected chi connectivity index (χ1v) is 12.8. The minimum absolute atomic E-state index is 0.560. The second kappa shape index (κ2) is 13.2. The lowest BCUT2D eigenvalue weighted by Gasteiger charge is -2.11. The lowest BCUT2D eigenvalue weighted by Crippen LogP contribution is -2.20. The van der Waals surface area contributed by atoms with E-state index in [1.165, 1.54) is 24.8 Å². The van der Waals surface area contributed by atoms with Gasteiger partial charge in [0.2, 0.25) is 0 Å². The highest BCUT2D eigenvalue weighted by atomic mass is 16.5. The summed E-state index contributed by atoms with van der Waals surface area (Å²) >= 11 is 0. The molecule has 6 nitrogen and oxygen atoms in total. The Bertz CT molecular complexity index is 1360. The van der Waals surface area contributed by atoms with Gasteiger partial charge in [-0.25, -0.2) is 9.98 Å². The van der Waals surface area contributed by atoms with Gasteiger partial charge in [0.1, 0.15) is 5.69 Å². The third-order valence-corrected chi connectivity index (χ3v) is 5.94. The molecule has 0 spiro atoms. The maximum Gasteiger partial charge on any atom is 0.173 e. The zero-order valence-electron chi connectivity index (χ0n) is 21.8. The lowest BCUT2D eigenvalue weighted by atomic mass is 10.2. The molecule has 4 rings (SSSR count). The van der Waals surface area contributed by atoms with Crippen LogP contribution in [0.15, 0.2) is 89.0 Å². The van der Waals surface area contributed by atoms with E-state index in [0.29, 0.717) is 23.9 Å². The first-order valence-electron chi connectivity index (χ1n) is 12.8. The Morgan fingerprint density at radius 1 is 0.919 bits per heavy atom. The molecular weight excluding hydrogens is 460 g/mol. The van der Waals surface area contributed by atoms with Crippen molar-refractivity contribution in [1.29, 1.82) is 0 Å². The van der Waals surface area contributed by atoms with Crippen LogP contribution < -0.4 is 14.9 Å². The number of pyridine rings is 1. The van der Waals surface area contributed by atoms with Crippen LogP contribution in [-0.2, 0) is 0 Å². The molecule has 0 aliphatic rings. The molecule has 190 valence electrons. The zero-order valence-corrected chi connectivity index (χ0v) is 21.8. The van der Waals surface area contributed by atoms with E-state index in [1.807, 2.05) is 78.9 Å². The van der Waals surface area contributed by atoms with Gasteiger partial charge in [-0.3, -0.25) is 5.43 Å². The summed E-state index contributed by atoms with van der Waals surface area (Å²) in [5.41, 5.74) is 7.59. The monoisotopic (exact) mass is 494 g/mol. The van der Waals surface area contributed by atoms with Crippen LogP contribution in [0.2, 0.25) is 0 Å². The molecule has 0 amide bonds. The van der Waals surface area contributed by atoms with Crippen molar-refractivity contribution in [2.75, 3.05) is 13.7 Å². The van der Waals surface area contributed by atoms with Crippen LogP contribution in [0, 0.1) is 6.92 Å². The Morgan fingerprint density at radius 3 is 2.57 bits per heavy atom. The number of ether oxygens (including phenoxy) is 2. The third kappa shape index (κ3) is 7.40. The molecule has 0 radical (unpaired) electrons. The zero-order chi connectivity index (χ0) is 25.9. The lowest BCUT2D eigenvalue weighted by molar-refractivity contribution is 0.285. The summed E-state index contributed by atoms with van der Waals surface area (Å²) in [5, 5.41) is 5.54. The number of aromatic nitrogens is 1. The number of amidine groups is 1. The van der Waals surface area contributed by atoms with E-state index < -0.39 is 0 Å². The summed E-state index contributed by atoms with van der Waals surface area (Å²) in [6.07, 6.45) is 6.38. The summed E-state index contributed by atoms with van der Waals surface area (Å²) in [6.45, 7) is 4.94. The van der Waals surface area contributed by atoms with E-state index in [0.717, 1.165) is 34.3 Å². The van der Waals surface area contributed by atoms with Crippen LogP contribution in [0.5, 0.6) is 11.5 Å². The Hall–Kier alpha value is -4.19. The average Bonchev–Trinajstić information content (AvgIpc) is 2.93. The molecule has 0 bridgehead atoms. The SMILES string of the molecule is CCCCCCOc1ccc(/C=N/NC(=Nc2ccc(C)cc2)c2ccc3ccccc3n2)cc1OC. The number of fused-ring (bicyclic) bond motifs is 1. The molecule has 0 aliphatic heterocycles. The number of benzene rings is 3. The Labute approximate surface area is 219 Å². The van der Waals surface area contributed by atoms with Gasteiger partial charge in [0.15, 0.2) is 17.3 Å². The van der Waals surface area contributed by atoms with Crippen molar-refractivity contribution in [1.82, 2.24) is 10.4 Å². The number of para-hydroxylation sites is 1. The fourth-order valence-electron chi connectivity index (χ4n) is 3.85. The van der Waals surface area contributed by atoms with E-state index in [1.54, 1.807) is 13.3 Å². The molecule has 1 aromatic heterocycles. The van der Waals surface area contributed by atoms with Gasteiger partial charge in [0, 0.05) is 5.39 Å². The number of hydrazone groups is 1. The van der Waals surface area contributed by atoms with Crippen molar-refractivity contribution in [3.05, 3.63) is 95.7 Å². The predicted molar refractivity (Wildman–Crippen MR) is 152 cm³/mol. The number of unbranched alkanes of at least 4 members (excludes halogenated alkanes) is 3. The molecule has 0 fully saturated rings. The third-order valence-electron chi connectivity index (χ3n) is 5.94. The molecule has 0 saturated heterocycles. The maximum absolute atomic E-state index is 5.93. The van der Waals surface area contributed by atoms with E-state index in [2.05, 4.69) is 24.4 Å². The maximum atomic E-state index is 5.93. The van der Waals surface area contributed by atoms with Gasteiger partial charge in [0.05, 0.1) is 31.1 Å². The molecule has 6 heteroatoms. The quantitative estimate of drug-likeness (QED) is 0.103. The number of nitrogens with one attached hydrogen (secondary N) is 1. The largest absolute Gasteiger partial charge is 0.493 e. The number of rotatable bonds is 11. The summed E-state index contributed by atoms with van der Waals surface area (Å²) in [5.74, 6) is 1.99. The molecule has 0 unspecified atom stereocenters. The smallest absolute Gasteiger partial charge is 0.173 e. The fourth-order valence-corrected chi connectivity index (χ4v) is 3.85. The van der Waals surface area contributed by atoms with Crippen LogP contribution in [0.3, 0.4) is 0 Å². The Morgan fingerprint density at radius 2 is 1.76 bits per heavy atom. The first-order chi connectivity index (χ1) is 18.2. The number of hydrogen-bond acceptors (Lipinski definition) is 5. The second-order valence-corrected chi connectivity index (χ2v) is 8.87. The van der Waals surface area contributed by atoms with E-state index in [4.69, 9.17) is 19.5 Å². The van der Waals surface area contributed by atoms with Crippen molar-refractivity contribution in [2.45, 2.75) is 39.5 Å². The molecule has 0 atom stereocenters. The molecule has 3 aromatic carbocycles. The van der Waals surface area contributed by atoms with E-state index in [9.17, 15) is 0 Å². The van der Waals surface area contributed by atoms with Gasteiger partial charge >= 0.3 is 0 Å². The van der Waals surface area contributed by atoms with Crippen LogP contribution in [0.1, 0.15) is 49.4 Å². The first kappa shape index (κ1) is 25.9. The normalized spacial score (nSPS) is 11.7. The number of hydrogen-bond donors (Lipinski definition) is 1. The predicted octanol–water partition coefficient (Wildman–Crippen LogP) is 7.21. The number of methoxy groups -OCH3 is 1. The minimum Gasteiger partial charge on any atom is -0.493 e. The highest BCUT2D eigenvalue weighted by Crippen LogP contribution is 2.28. The van der Waals surface area contributed by atoms with Crippen molar-refractivity contribution in [3.8, 4) is 11.5 Å².